The highest BCUT2D eigenvalue weighted by Gasteiger charge is 2.12. The van der Waals surface area contributed by atoms with E-state index in [2.05, 4.69) is 24.9 Å². The lowest BCUT2D eigenvalue weighted by Gasteiger charge is -2.07. The summed E-state index contributed by atoms with van der Waals surface area (Å²) < 4.78 is 0. The van der Waals surface area contributed by atoms with Gasteiger partial charge < -0.3 is 22.9 Å². The number of carbonyl (C=O) groups excluding carboxylic acids is 1. The molecule has 140 valence electrons. The number of fused-ring (bicyclic) bond motifs is 1. The van der Waals surface area contributed by atoms with Crippen LogP contribution in [-0.4, -0.2) is 30.8 Å². The third-order valence-electron chi connectivity index (χ3n) is 3.60. The molecular weight excluding hydrogens is 358 g/mol. The summed E-state index contributed by atoms with van der Waals surface area (Å²) in [4.78, 5) is 30.5. The van der Waals surface area contributed by atoms with E-state index in [9.17, 15) is 4.79 Å². The van der Waals surface area contributed by atoms with E-state index in [1.807, 2.05) is 30.3 Å². The van der Waals surface area contributed by atoms with Gasteiger partial charge in [0.25, 0.3) is 0 Å². The van der Waals surface area contributed by atoms with Crippen LogP contribution in [0.5, 0.6) is 0 Å². The Morgan fingerprint density at radius 2 is 1.57 bits per heavy atom. The molecular formula is C18H17N9O. The predicted octanol–water partition coefficient (Wildman–Crippen LogP) is 1.01. The first kappa shape index (κ1) is 18.5. The van der Waals surface area contributed by atoms with Gasteiger partial charge in [0.1, 0.15) is 5.69 Å². The molecule has 10 nitrogen and oxygen atoms in total. The number of nitrogens with two attached hydrogens (primary N) is 4. The Morgan fingerprint density at radius 3 is 2.18 bits per heavy atom. The molecule has 28 heavy (non-hydrogen) atoms. The molecule has 0 unspecified atom stereocenters. The number of hydrogen-bond donors (Lipinski definition) is 4. The number of pyridine rings is 1. The normalized spacial score (nSPS) is 10.1. The van der Waals surface area contributed by atoms with Crippen LogP contribution in [0.2, 0.25) is 0 Å². The maximum Gasteiger partial charge on any atom is 0.250 e. The van der Waals surface area contributed by atoms with Gasteiger partial charge in [-0.15, -0.1) is 0 Å². The minimum absolute atomic E-state index is 0.0474. The smallest absolute Gasteiger partial charge is 0.250 e. The molecule has 10 heteroatoms. The van der Waals surface area contributed by atoms with Crippen molar-refractivity contribution >= 4 is 34.7 Å². The van der Waals surface area contributed by atoms with Gasteiger partial charge in [0.2, 0.25) is 11.9 Å². The van der Waals surface area contributed by atoms with Crippen molar-refractivity contribution in [2.75, 3.05) is 17.2 Å². The molecule has 0 fully saturated rings. The molecule has 4 rings (SSSR count). The van der Waals surface area contributed by atoms with Crippen LogP contribution >= 0.6 is 0 Å². The van der Waals surface area contributed by atoms with Crippen molar-refractivity contribution in [1.82, 2.24) is 24.9 Å². The highest BCUT2D eigenvalue weighted by molar-refractivity contribution is 5.92. The maximum atomic E-state index is 10.4. The molecule has 0 radical (unpaired) electrons. The monoisotopic (exact) mass is 375 g/mol. The summed E-state index contributed by atoms with van der Waals surface area (Å²) in [5, 5.41) is 0. The number of hydrogen-bond acceptors (Lipinski definition) is 9. The highest BCUT2D eigenvalue weighted by atomic mass is 16.1. The Labute approximate surface area is 159 Å². The van der Waals surface area contributed by atoms with Crippen molar-refractivity contribution in [3.8, 4) is 11.3 Å². The molecule has 4 aromatic rings. The Hall–Kier alpha value is -4.34. The fourth-order valence-electron chi connectivity index (χ4n) is 2.32. The molecule has 8 N–H and O–H groups in total. The zero-order valence-electron chi connectivity index (χ0n) is 14.6. The maximum absolute atomic E-state index is 10.4. The molecule has 1 amide bonds. The third kappa shape index (κ3) is 4.07. The van der Waals surface area contributed by atoms with E-state index >= 15 is 0 Å². The van der Waals surface area contributed by atoms with E-state index in [0.717, 1.165) is 5.56 Å². The van der Waals surface area contributed by atoms with Gasteiger partial charge in [0.15, 0.2) is 22.8 Å². The second-order valence-corrected chi connectivity index (χ2v) is 5.57. The van der Waals surface area contributed by atoms with Crippen molar-refractivity contribution < 1.29 is 4.79 Å². The Bertz CT molecular complexity index is 1120. The Balaban J connectivity index is 0.000000211. The zero-order valence-corrected chi connectivity index (χ0v) is 14.6. The number of benzene rings is 1. The van der Waals surface area contributed by atoms with Crippen LogP contribution < -0.4 is 22.9 Å². The first-order valence-corrected chi connectivity index (χ1v) is 8.07. The van der Waals surface area contributed by atoms with Gasteiger partial charge in [0.05, 0.1) is 5.56 Å². The van der Waals surface area contributed by atoms with Gasteiger partial charge in [0, 0.05) is 18.0 Å². The summed E-state index contributed by atoms with van der Waals surface area (Å²) in [6.07, 6.45) is 3.02. The molecule has 0 spiro atoms. The second kappa shape index (κ2) is 7.91. The van der Waals surface area contributed by atoms with Crippen LogP contribution in [0.3, 0.4) is 0 Å². The van der Waals surface area contributed by atoms with Crippen molar-refractivity contribution in [3.63, 3.8) is 0 Å². The topological polar surface area (TPSA) is 186 Å². The number of carbonyl (C=O) groups is 1. The number of nitrogen functional groups attached to an aromatic ring is 3. The van der Waals surface area contributed by atoms with Gasteiger partial charge in [-0.05, 0) is 12.1 Å². The summed E-state index contributed by atoms with van der Waals surface area (Å²) in [6, 6.07) is 12.8. The number of anilines is 3. The van der Waals surface area contributed by atoms with Gasteiger partial charge >= 0.3 is 0 Å². The van der Waals surface area contributed by atoms with Gasteiger partial charge in [-0.1, -0.05) is 30.3 Å². The number of aromatic nitrogens is 5. The average molecular weight is 375 g/mol. The SMILES string of the molecule is NC(=O)c1cccnc1.Nc1nc(N)c2nc(-c3ccccc3)c(N)nc2n1. The van der Waals surface area contributed by atoms with Crippen LogP contribution in [-0.2, 0) is 0 Å². The summed E-state index contributed by atoms with van der Waals surface area (Å²) >= 11 is 0. The highest BCUT2D eigenvalue weighted by Crippen LogP contribution is 2.25. The van der Waals surface area contributed by atoms with Crippen LogP contribution in [0, 0.1) is 0 Å². The van der Waals surface area contributed by atoms with E-state index in [-0.39, 0.29) is 17.6 Å². The van der Waals surface area contributed by atoms with Crippen molar-refractivity contribution in [2.24, 2.45) is 5.73 Å². The lowest BCUT2D eigenvalue weighted by molar-refractivity contribution is 0.1000. The number of amides is 1. The van der Waals surface area contributed by atoms with E-state index < -0.39 is 5.91 Å². The fourth-order valence-corrected chi connectivity index (χ4v) is 2.32. The van der Waals surface area contributed by atoms with Crippen LogP contribution in [0.1, 0.15) is 10.4 Å². The van der Waals surface area contributed by atoms with E-state index in [0.29, 0.717) is 22.4 Å². The van der Waals surface area contributed by atoms with Gasteiger partial charge in [-0.3, -0.25) is 9.78 Å². The summed E-state index contributed by atoms with van der Waals surface area (Å²) in [6.45, 7) is 0. The third-order valence-corrected chi connectivity index (χ3v) is 3.60. The molecule has 1 aromatic carbocycles. The standard InChI is InChI=1S/C12H11N7.C6H6N2O/c13-9-7(6-4-2-1-3-5-6)16-8-10(14)18-12(15)19-11(8)17-9;7-6(9)5-2-1-3-8-4-5/h1-5H,(H6,13,14,15,17,18,19);1-4H,(H2,7,9). The summed E-state index contributed by atoms with van der Waals surface area (Å²) in [5.41, 5.74) is 24.7. The van der Waals surface area contributed by atoms with Crippen LogP contribution in [0.25, 0.3) is 22.4 Å². The number of rotatable bonds is 2. The lowest BCUT2D eigenvalue weighted by Crippen LogP contribution is -2.10. The average Bonchev–Trinajstić information content (AvgIpc) is 2.69. The van der Waals surface area contributed by atoms with Crippen molar-refractivity contribution in [3.05, 3.63) is 60.4 Å². The molecule has 0 aliphatic heterocycles. The first-order chi connectivity index (χ1) is 13.5. The summed E-state index contributed by atoms with van der Waals surface area (Å²) in [5.74, 6) is 0.0673. The molecule has 0 atom stereocenters. The summed E-state index contributed by atoms with van der Waals surface area (Å²) in [7, 11) is 0. The molecule has 0 saturated heterocycles. The lowest BCUT2D eigenvalue weighted by atomic mass is 10.1. The van der Waals surface area contributed by atoms with Crippen LogP contribution in [0.4, 0.5) is 17.6 Å². The van der Waals surface area contributed by atoms with Gasteiger partial charge in [-0.25, -0.2) is 9.97 Å². The molecule has 0 aliphatic carbocycles. The number of nitrogens with zero attached hydrogens (tertiary/aromatic N) is 5. The zero-order chi connectivity index (χ0) is 20.1. The molecule has 0 saturated carbocycles. The van der Waals surface area contributed by atoms with Gasteiger partial charge in [-0.2, -0.15) is 9.97 Å². The van der Waals surface area contributed by atoms with E-state index in [1.54, 1.807) is 18.3 Å². The predicted molar refractivity (Wildman–Crippen MR) is 107 cm³/mol. The molecule has 0 aliphatic rings. The molecule has 0 bridgehead atoms. The molecule has 3 aromatic heterocycles. The Kier molecular flexibility index (Phi) is 5.21. The Morgan fingerprint density at radius 1 is 0.821 bits per heavy atom. The minimum Gasteiger partial charge on any atom is -0.382 e. The van der Waals surface area contributed by atoms with Crippen molar-refractivity contribution in [1.29, 1.82) is 0 Å². The van der Waals surface area contributed by atoms with E-state index in [4.69, 9.17) is 22.9 Å². The minimum atomic E-state index is -0.442. The second-order valence-electron chi connectivity index (χ2n) is 5.57. The fraction of sp³-hybridized carbons (Fsp3) is 0. The van der Waals surface area contributed by atoms with E-state index in [1.165, 1.54) is 6.20 Å². The first-order valence-electron chi connectivity index (χ1n) is 8.07. The van der Waals surface area contributed by atoms with Crippen molar-refractivity contribution in [2.45, 2.75) is 0 Å². The number of primary amides is 1. The largest absolute Gasteiger partial charge is 0.382 e. The quantitative estimate of drug-likeness (QED) is 0.396. The van der Waals surface area contributed by atoms with Crippen LogP contribution in [0.15, 0.2) is 54.9 Å². The molecule has 3 heterocycles.